The van der Waals surface area contributed by atoms with Gasteiger partial charge in [-0.1, -0.05) is 25.0 Å². The fourth-order valence-electron chi connectivity index (χ4n) is 3.54. The molecule has 0 saturated carbocycles. The molecule has 7 nitrogen and oxygen atoms in total. The molecular weight excluding hydrogens is 444 g/mol. The van der Waals surface area contributed by atoms with Crippen LogP contribution in [0.25, 0.3) is 11.3 Å². The zero-order valence-electron chi connectivity index (χ0n) is 17.9. The molecule has 3 aromatic rings. The smallest absolute Gasteiger partial charge is 0.243 e. The Bertz CT molecular complexity index is 1150. The van der Waals surface area contributed by atoms with Crippen LogP contribution >= 0.6 is 11.3 Å². The van der Waals surface area contributed by atoms with Crippen molar-refractivity contribution in [2.24, 2.45) is 5.10 Å². The summed E-state index contributed by atoms with van der Waals surface area (Å²) in [6.07, 6.45) is 5.74. The number of rotatable bonds is 7. The Labute approximate surface area is 192 Å². The second-order valence-electron chi connectivity index (χ2n) is 7.52. The highest BCUT2D eigenvalue weighted by atomic mass is 32.2. The fraction of sp³-hybridized carbons (Fsp3) is 0.304. The first-order valence-corrected chi connectivity index (χ1v) is 12.9. The van der Waals surface area contributed by atoms with Crippen LogP contribution in [0.1, 0.15) is 31.2 Å². The van der Waals surface area contributed by atoms with E-state index in [2.05, 4.69) is 15.5 Å². The highest BCUT2D eigenvalue weighted by Crippen LogP contribution is 2.27. The Balaban J connectivity index is 1.41. The number of hydrogen-bond acceptors (Lipinski definition) is 7. The summed E-state index contributed by atoms with van der Waals surface area (Å²) < 4.78 is 32.6. The van der Waals surface area contributed by atoms with Crippen molar-refractivity contribution >= 4 is 32.7 Å². The molecule has 168 valence electrons. The van der Waals surface area contributed by atoms with Gasteiger partial charge in [-0.05, 0) is 54.8 Å². The molecule has 0 amide bonds. The molecule has 2 heterocycles. The standard InChI is InChI=1S/C23H26N4O3S2/c1-30-20-10-6-18(7-11-20)16-24-26-23-25-22(17-31-23)19-8-12-21(13-9-19)32(28,29)27-14-4-2-3-5-15-27/h6-13,16-17H,2-5,14-15H2,1H3,(H,25,26)/b24-16+. The van der Waals surface area contributed by atoms with Gasteiger partial charge in [0.2, 0.25) is 15.2 Å². The van der Waals surface area contributed by atoms with Gasteiger partial charge in [-0.2, -0.15) is 9.41 Å². The third-order valence-corrected chi connectivity index (χ3v) is 8.01. The molecule has 0 bridgehead atoms. The highest BCUT2D eigenvalue weighted by Gasteiger charge is 2.25. The monoisotopic (exact) mass is 470 g/mol. The van der Waals surface area contributed by atoms with Gasteiger partial charge >= 0.3 is 0 Å². The minimum absolute atomic E-state index is 0.334. The van der Waals surface area contributed by atoms with E-state index in [1.807, 2.05) is 41.8 Å². The average Bonchev–Trinajstić information content (AvgIpc) is 3.11. The van der Waals surface area contributed by atoms with Crippen molar-refractivity contribution in [1.29, 1.82) is 0 Å². The van der Waals surface area contributed by atoms with Gasteiger partial charge < -0.3 is 4.74 Å². The van der Waals surface area contributed by atoms with Crippen molar-refractivity contribution in [2.75, 3.05) is 25.6 Å². The lowest BCUT2D eigenvalue weighted by Gasteiger charge is -2.19. The lowest BCUT2D eigenvalue weighted by molar-refractivity contribution is 0.415. The molecule has 1 saturated heterocycles. The summed E-state index contributed by atoms with van der Waals surface area (Å²) in [6, 6.07) is 14.5. The fourth-order valence-corrected chi connectivity index (χ4v) is 5.72. The summed E-state index contributed by atoms with van der Waals surface area (Å²) >= 11 is 1.44. The van der Waals surface area contributed by atoms with Gasteiger partial charge in [-0.15, -0.1) is 11.3 Å². The summed E-state index contributed by atoms with van der Waals surface area (Å²) in [6.45, 7) is 1.20. The van der Waals surface area contributed by atoms with Crippen LogP contribution in [0.15, 0.2) is 63.9 Å². The first-order valence-electron chi connectivity index (χ1n) is 10.6. The summed E-state index contributed by atoms with van der Waals surface area (Å²) in [4.78, 5) is 4.88. The van der Waals surface area contributed by atoms with Crippen LogP contribution in [-0.4, -0.2) is 44.1 Å². The maximum absolute atomic E-state index is 12.9. The molecule has 9 heteroatoms. The van der Waals surface area contributed by atoms with E-state index in [9.17, 15) is 8.42 Å². The molecule has 1 aliphatic heterocycles. The van der Waals surface area contributed by atoms with Gasteiger partial charge in [-0.3, -0.25) is 5.43 Å². The number of aromatic nitrogens is 1. The van der Waals surface area contributed by atoms with Crippen LogP contribution in [0.2, 0.25) is 0 Å². The first kappa shape index (κ1) is 22.4. The van der Waals surface area contributed by atoms with Crippen LogP contribution in [0.3, 0.4) is 0 Å². The number of ether oxygens (including phenoxy) is 1. The van der Waals surface area contributed by atoms with Gasteiger partial charge in [0, 0.05) is 24.0 Å². The van der Waals surface area contributed by atoms with Crippen LogP contribution in [0, 0.1) is 0 Å². The molecule has 1 aliphatic rings. The molecule has 32 heavy (non-hydrogen) atoms. The van der Waals surface area contributed by atoms with Crippen LogP contribution in [0.4, 0.5) is 5.13 Å². The minimum Gasteiger partial charge on any atom is -0.497 e. The van der Waals surface area contributed by atoms with Gasteiger partial charge in [0.05, 0.1) is 23.9 Å². The minimum atomic E-state index is -3.45. The molecule has 1 fully saturated rings. The number of benzene rings is 2. The molecule has 1 N–H and O–H groups in total. The van der Waals surface area contributed by atoms with Gasteiger partial charge in [0.15, 0.2) is 0 Å². The molecule has 0 atom stereocenters. The van der Waals surface area contributed by atoms with E-state index in [1.165, 1.54) is 11.3 Å². The third-order valence-electron chi connectivity index (χ3n) is 5.35. The molecule has 2 aromatic carbocycles. The summed E-state index contributed by atoms with van der Waals surface area (Å²) in [7, 11) is -1.81. The summed E-state index contributed by atoms with van der Waals surface area (Å²) in [5.74, 6) is 0.796. The van der Waals surface area contributed by atoms with E-state index in [-0.39, 0.29) is 0 Å². The van der Waals surface area contributed by atoms with Gasteiger partial charge in [0.25, 0.3) is 0 Å². The lowest BCUT2D eigenvalue weighted by Crippen LogP contribution is -2.31. The molecule has 0 unspecified atom stereocenters. The van der Waals surface area contributed by atoms with Gasteiger partial charge in [-0.25, -0.2) is 13.4 Å². The first-order chi connectivity index (χ1) is 15.6. The van der Waals surface area contributed by atoms with E-state index in [0.717, 1.165) is 48.3 Å². The molecule has 0 spiro atoms. The number of nitrogens with zero attached hydrogens (tertiary/aromatic N) is 3. The van der Waals surface area contributed by atoms with E-state index in [4.69, 9.17) is 4.74 Å². The highest BCUT2D eigenvalue weighted by molar-refractivity contribution is 7.89. The normalized spacial score (nSPS) is 15.5. The van der Waals surface area contributed by atoms with Crippen molar-refractivity contribution in [3.05, 3.63) is 59.5 Å². The zero-order valence-corrected chi connectivity index (χ0v) is 19.5. The number of thiazole rings is 1. The maximum atomic E-state index is 12.9. The maximum Gasteiger partial charge on any atom is 0.243 e. The molecule has 0 aliphatic carbocycles. The van der Waals surface area contributed by atoms with Crippen LogP contribution < -0.4 is 10.2 Å². The Morgan fingerprint density at radius 1 is 1.03 bits per heavy atom. The molecule has 0 radical (unpaired) electrons. The predicted molar refractivity (Wildman–Crippen MR) is 129 cm³/mol. The lowest BCUT2D eigenvalue weighted by atomic mass is 10.2. The molecular formula is C23H26N4O3S2. The van der Waals surface area contributed by atoms with Crippen molar-refractivity contribution < 1.29 is 13.2 Å². The molecule has 1 aromatic heterocycles. The van der Waals surface area contributed by atoms with Crippen LogP contribution in [-0.2, 0) is 10.0 Å². The predicted octanol–water partition coefficient (Wildman–Crippen LogP) is 4.83. The largest absolute Gasteiger partial charge is 0.497 e. The number of hydrazone groups is 1. The van der Waals surface area contributed by atoms with Gasteiger partial charge in [0.1, 0.15) is 5.75 Å². The summed E-state index contributed by atoms with van der Waals surface area (Å²) in [5, 5.41) is 6.81. The third kappa shape index (κ3) is 5.35. The van der Waals surface area contributed by atoms with Crippen molar-refractivity contribution in [3.63, 3.8) is 0 Å². The second-order valence-corrected chi connectivity index (χ2v) is 10.3. The number of sulfonamides is 1. The van der Waals surface area contributed by atoms with E-state index in [0.29, 0.717) is 23.1 Å². The number of hydrogen-bond donors (Lipinski definition) is 1. The Morgan fingerprint density at radius 3 is 2.38 bits per heavy atom. The SMILES string of the molecule is COc1ccc(/C=N/Nc2nc(-c3ccc(S(=O)(=O)N4CCCCCC4)cc3)cs2)cc1. The zero-order chi connectivity index (χ0) is 22.4. The number of methoxy groups -OCH3 is 1. The Kier molecular flexibility index (Phi) is 7.19. The Hall–Kier alpha value is -2.75. The van der Waals surface area contributed by atoms with E-state index >= 15 is 0 Å². The number of nitrogens with one attached hydrogen (secondary N) is 1. The number of anilines is 1. The van der Waals surface area contributed by atoms with Crippen molar-refractivity contribution in [2.45, 2.75) is 30.6 Å². The van der Waals surface area contributed by atoms with Crippen LogP contribution in [0.5, 0.6) is 5.75 Å². The van der Waals surface area contributed by atoms with Crippen molar-refractivity contribution in [1.82, 2.24) is 9.29 Å². The van der Waals surface area contributed by atoms with E-state index < -0.39 is 10.0 Å². The quantitative estimate of drug-likeness (QED) is 0.395. The Morgan fingerprint density at radius 2 is 1.72 bits per heavy atom. The summed E-state index contributed by atoms with van der Waals surface area (Å²) in [5.41, 5.74) is 5.52. The molecule has 4 rings (SSSR count). The average molecular weight is 471 g/mol. The topological polar surface area (TPSA) is 83.9 Å². The van der Waals surface area contributed by atoms with E-state index in [1.54, 1.807) is 29.8 Å². The van der Waals surface area contributed by atoms with Crippen molar-refractivity contribution in [3.8, 4) is 17.0 Å². The second kappa shape index (κ2) is 10.2.